The Hall–Kier alpha value is -2.60. The Balaban J connectivity index is 1.74. The van der Waals surface area contributed by atoms with Crippen molar-refractivity contribution in [1.82, 2.24) is 14.5 Å². The lowest BCUT2D eigenvalue weighted by atomic mass is 10.1. The van der Waals surface area contributed by atoms with E-state index < -0.39 is 0 Å². The van der Waals surface area contributed by atoms with E-state index in [-0.39, 0.29) is 11.7 Å². The maximum atomic E-state index is 12.6. The third kappa shape index (κ3) is 3.17. The molecule has 25 heavy (non-hydrogen) atoms. The van der Waals surface area contributed by atoms with Gasteiger partial charge in [0.1, 0.15) is 11.6 Å². The van der Waals surface area contributed by atoms with Gasteiger partial charge in [-0.1, -0.05) is 0 Å². The monoisotopic (exact) mass is 339 g/mol. The number of rotatable bonds is 5. The summed E-state index contributed by atoms with van der Waals surface area (Å²) in [4.78, 5) is 19.9. The summed E-state index contributed by atoms with van der Waals surface area (Å²) in [5.74, 6) is 1.45. The molecule has 1 aliphatic heterocycles. The molecule has 0 spiro atoms. The zero-order valence-electron chi connectivity index (χ0n) is 14.2. The molecule has 3 heterocycles. The number of H-pyrrole nitrogens is 1. The predicted molar refractivity (Wildman–Crippen MR) is 95.9 cm³/mol. The third-order valence-corrected chi connectivity index (χ3v) is 4.51. The van der Waals surface area contributed by atoms with Gasteiger partial charge in [0.15, 0.2) is 0 Å². The van der Waals surface area contributed by atoms with Gasteiger partial charge < -0.3 is 19.0 Å². The molecule has 1 aliphatic rings. The molecule has 4 rings (SSSR count). The highest BCUT2D eigenvalue weighted by Gasteiger charge is 2.19. The molecule has 130 valence electrons. The number of pyridine rings is 1. The van der Waals surface area contributed by atoms with E-state index in [1.807, 2.05) is 42.0 Å². The summed E-state index contributed by atoms with van der Waals surface area (Å²) in [5, 5.41) is 0.923. The van der Waals surface area contributed by atoms with Crippen molar-refractivity contribution in [3.05, 3.63) is 47.0 Å². The number of benzene rings is 1. The molecule has 0 bridgehead atoms. The number of aromatic amines is 1. The summed E-state index contributed by atoms with van der Waals surface area (Å²) in [6.07, 6.45) is 5.95. The average molecular weight is 339 g/mol. The van der Waals surface area contributed by atoms with Gasteiger partial charge in [-0.3, -0.25) is 4.79 Å². The van der Waals surface area contributed by atoms with Gasteiger partial charge in [0.25, 0.3) is 5.56 Å². The van der Waals surface area contributed by atoms with Crippen LogP contribution in [-0.4, -0.2) is 33.9 Å². The van der Waals surface area contributed by atoms with Crippen molar-refractivity contribution in [3.63, 3.8) is 0 Å². The molecular formula is C19H21N3O3. The predicted octanol–water partition coefficient (Wildman–Crippen LogP) is 2.97. The molecular weight excluding hydrogens is 318 g/mol. The number of fused-ring (bicyclic) bond motifs is 1. The van der Waals surface area contributed by atoms with Crippen molar-refractivity contribution < 1.29 is 9.47 Å². The highest BCUT2D eigenvalue weighted by atomic mass is 16.5. The van der Waals surface area contributed by atoms with Gasteiger partial charge in [-0.05, 0) is 44.0 Å². The van der Waals surface area contributed by atoms with E-state index >= 15 is 0 Å². The first-order chi connectivity index (χ1) is 12.2. The van der Waals surface area contributed by atoms with Crippen molar-refractivity contribution in [3.8, 4) is 17.1 Å². The molecule has 0 amide bonds. The first-order valence-electron chi connectivity index (χ1n) is 8.67. The van der Waals surface area contributed by atoms with Crippen LogP contribution in [0.4, 0.5) is 0 Å². The van der Waals surface area contributed by atoms with Crippen LogP contribution in [0.3, 0.4) is 0 Å². The van der Waals surface area contributed by atoms with Crippen molar-refractivity contribution >= 4 is 10.9 Å². The fourth-order valence-electron chi connectivity index (χ4n) is 3.32. The fraction of sp³-hybridized carbons (Fsp3) is 0.368. The van der Waals surface area contributed by atoms with Gasteiger partial charge in [-0.2, -0.15) is 0 Å². The van der Waals surface area contributed by atoms with E-state index in [0.29, 0.717) is 24.5 Å². The molecule has 6 nitrogen and oxygen atoms in total. The minimum Gasteiger partial charge on any atom is -0.494 e. The largest absolute Gasteiger partial charge is 0.494 e. The second-order valence-corrected chi connectivity index (χ2v) is 6.23. The van der Waals surface area contributed by atoms with E-state index in [9.17, 15) is 4.79 Å². The number of hydrogen-bond acceptors (Lipinski definition) is 4. The molecule has 1 unspecified atom stereocenters. The van der Waals surface area contributed by atoms with Gasteiger partial charge in [-0.15, -0.1) is 0 Å². The lowest BCUT2D eigenvalue weighted by Crippen LogP contribution is -2.17. The van der Waals surface area contributed by atoms with Crippen molar-refractivity contribution in [2.75, 3.05) is 13.2 Å². The second kappa shape index (κ2) is 6.72. The van der Waals surface area contributed by atoms with Crippen LogP contribution in [-0.2, 0) is 11.3 Å². The maximum absolute atomic E-state index is 12.6. The van der Waals surface area contributed by atoms with Crippen LogP contribution in [0, 0.1) is 0 Å². The van der Waals surface area contributed by atoms with E-state index in [4.69, 9.17) is 9.47 Å². The SMILES string of the molecule is CCOc1ccc2[nH]c(=O)c(-c3nccn3CC3CCCO3)cc2c1. The lowest BCUT2D eigenvalue weighted by molar-refractivity contribution is 0.0973. The molecule has 1 N–H and O–H groups in total. The molecule has 3 aromatic rings. The number of imidazole rings is 1. The highest BCUT2D eigenvalue weighted by molar-refractivity contribution is 5.83. The minimum absolute atomic E-state index is 0.142. The van der Waals surface area contributed by atoms with Crippen LogP contribution in [0.5, 0.6) is 5.75 Å². The zero-order valence-corrected chi connectivity index (χ0v) is 14.2. The van der Waals surface area contributed by atoms with Crippen molar-refractivity contribution in [2.45, 2.75) is 32.4 Å². The Labute approximate surface area is 145 Å². The van der Waals surface area contributed by atoms with Gasteiger partial charge in [0, 0.05) is 29.9 Å². The maximum Gasteiger partial charge on any atom is 0.259 e. The number of ether oxygens (including phenoxy) is 2. The van der Waals surface area contributed by atoms with Crippen LogP contribution < -0.4 is 10.3 Å². The highest BCUT2D eigenvalue weighted by Crippen LogP contribution is 2.23. The third-order valence-electron chi connectivity index (χ3n) is 4.51. The second-order valence-electron chi connectivity index (χ2n) is 6.23. The van der Waals surface area contributed by atoms with E-state index in [2.05, 4.69) is 9.97 Å². The fourth-order valence-corrected chi connectivity index (χ4v) is 3.32. The summed E-state index contributed by atoms with van der Waals surface area (Å²) < 4.78 is 13.3. The zero-order chi connectivity index (χ0) is 17.2. The quantitative estimate of drug-likeness (QED) is 0.776. The number of aromatic nitrogens is 3. The standard InChI is InChI=1S/C19H21N3O3/c1-2-24-14-5-6-17-13(10-14)11-16(19(23)21-17)18-20-7-8-22(18)12-15-4-3-9-25-15/h5-8,10-11,15H,2-4,9,12H2,1H3,(H,21,23). The molecule has 6 heteroatoms. The summed E-state index contributed by atoms with van der Waals surface area (Å²) in [6, 6.07) is 7.54. The lowest BCUT2D eigenvalue weighted by Gasteiger charge is -2.13. The number of nitrogens with one attached hydrogen (secondary N) is 1. The molecule has 1 atom stereocenters. The summed E-state index contributed by atoms with van der Waals surface area (Å²) >= 11 is 0. The number of nitrogens with zero attached hydrogens (tertiary/aromatic N) is 2. The van der Waals surface area contributed by atoms with Crippen molar-refractivity contribution in [2.24, 2.45) is 0 Å². The van der Waals surface area contributed by atoms with Gasteiger partial charge in [0.2, 0.25) is 0 Å². The molecule has 0 aliphatic carbocycles. The summed E-state index contributed by atoms with van der Waals surface area (Å²) in [6.45, 7) is 4.08. The molecule has 1 saturated heterocycles. The van der Waals surface area contributed by atoms with Crippen molar-refractivity contribution in [1.29, 1.82) is 0 Å². The van der Waals surface area contributed by atoms with Crippen LogP contribution >= 0.6 is 0 Å². The van der Waals surface area contributed by atoms with Gasteiger partial charge in [0.05, 0.1) is 24.8 Å². The average Bonchev–Trinajstić information content (AvgIpc) is 3.27. The topological polar surface area (TPSA) is 69.1 Å². The summed E-state index contributed by atoms with van der Waals surface area (Å²) in [7, 11) is 0. The Bertz CT molecular complexity index is 938. The molecule has 1 aromatic carbocycles. The Morgan fingerprint density at radius 2 is 2.32 bits per heavy atom. The molecule has 0 saturated carbocycles. The molecule has 1 fully saturated rings. The van der Waals surface area contributed by atoms with Crippen LogP contribution in [0.1, 0.15) is 19.8 Å². The van der Waals surface area contributed by atoms with Crippen LogP contribution in [0.2, 0.25) is 0 Å². The Kier molecular flexibility index (Phi) is 4.28. The minimum atomic E-state index is -0.142. The number of hydrogen-bond donors (Lipinski definition) is 1. The first kappa shape index (κ1) is 15.9. The normalized spacial score (nSPS) is 17.2. The van der Waals surface area contributed by atoms with Crippen LogP contribution in [0.15, 0.2) is 41.5 Å². The first-order valence-corrected chi connectivity index (χ1v) is 8.67. The Morgan fingerprint density at radius 3 is 3.12 bits per heavy atom. The smallest absolute Gasteiger partial charge is 0.259 e. The van der Waals surface area contributed by atoms with E-state index in [1.54, 1.807) is 6.20 Å². The van der Waals surface area contributed by atoms with Crippen LogP contribution in [0.25, 0.3) is 22.3 Å². The van der Waals surface area contributed by atoms with E-state index in [0.717, 1.165) is 36.1 Å². The summed E-state index contributed by atoms with van der Waals surface area (Å²) in [5.41, 5.74) is 1.20. The molecule has 0 radical (unpaired) electrons. The van der Waals surface area contributed by atoms with Gasteiger partial charge >= 0.3 is 0 Å². The van der Waals surface area contributed by atoms with Gasteiger partial charge in [-0.25, -0.2) is 4.98 Å². The Morgan fingerprint density at radius 1 is 1.40 bits per heavy atom. The molecule has 2 aromatic heterocycles. The van der Waals surface area contributed by atoms with E-state index in [1.165, 1.54) is 0 Å².